The number of nitrogens with one attached hydrogen (secondary N) is 1. The van der Waals surface area contributed by atoms with Crippen LogP contribution in [0, 0.1) is 0 Å². The maximum Gasteiger partial charge on any atom is 0.233 e. The highest BCUT2D eigenvalue weighted by molar-refractivity contribution is 8.00. The van der Waals surface area contributed by atoms with E-state index in [0.29, 0.717) is 13.2 Å². The first-order chi connectivity index (χ1) is 11.7. The van der Waals surface area contributed by atoms with Crippen LogP contribution in [0.15, 0.2) is 34.7 Å². The number of carbonyl (C=O) groups excluding carboxylic acids is 1. The molecule has 1 atom stereocenters. The van der Waals surface area contributed by atoms with Crippen molar-refractivity contribution >= 4 is 17.7 Å². The number of benzene rings is 1. The average molecular weight is 347 g/mol. The number of amides is 1. The average Bonchev–Trinajstić information content (AvgIpc) is 2.62. The second-order valence-corrected chi connectivity index (χ2v) is 7.63. The number of ether oxygens (including phenoxy) is 2. The van der Waals surface area contributed by atoms with Gasteiger partial charge in [0.2, 0.25) is 5.91 Å². The molecular weight excluding hydrogens is 322 g/mol. The zero-order valence-electron chi connectivity index (χ0n) is 14.2. The van der Waals surface area contributed by atoms with E-state index in [1.165, 1.54) is 31.3 Å². The number of allylic oxidation sites excluding steroid dienone is 1. The van der Waals surface area contributed by atoms with E-state index in [-0.39, 0.29) is 11.2 Å². The van der Waals surface area contributed by atoms with Gasteiger partial charge in [-0.2, -0.15) is 0 Å². The third kappa shape index (κ3) is 4.69. The molecule has 130 valence electrons. The Morgan fingerprint density at radius 1 is 1.25 bits per heavy atom. The van der Waals surface area contributed by atoms with Crippen LogP contribution in [-0.4, -0.2) is 30.9 Å². The number of fused-ring (bicyclic) bond motifs is 1. The van der Waals surface area contributed by atoms with Crippen LogP contribution < -0.4 is 14.8 Å². The van der Waals surface area contributed by atoms with Gasteiger partial charge in [0.05, 0.1) is 5.25 Å². The van der Waals surface area contributed by atoms with Crippen molar-refractivity contribution in [2.45, 2.75) is 49.2 Å². The summed E-state index contributed by atoms with van der Waals surface area (Å²) in [7, 11) is 0. The molecule has 1 amide bonds. The van der Waals surface area contributed by atoms with Crippen molar-refractivity contribution in [1.82, 2.24) is 5.32 Å². The maximum atomic E-state index is 12.3. The lowest BCUT2D eigenvalue weighted by Gasteiger charge is -2.19. The van der Waals surface area contributed by atoms with Crippen LogP contribution in [0.3, 0.4) is 0 Å². The van der Waals surface area contributed by atoms with E-state index in [0.717, 1.165) is 29.4 Å². The van der Waals surface area contributed by atoms with Gasteiger partial charge in [-0.3, -0.25) is 4.79 Å². The lowest BCUT2D eigenvalue weighted by Crippen LogP contribution is -2.31. The van der Waals surface area contributed by atoms with Gasteiger partial charge in [-0.05, 0) is 57.2 Å². The van der Waals surface area contributed by atoms with Crippen molar-refractivity contribution in [3.8, 4) is 11.5 Å². The van der Waals surface area contributed by atoms with Gasteiger partial charge in [-0.15, -0.1) is 11.8 Å². The molecule has 0 fully saturated rings. The molecule has 0 aromatic heterocycles. The highest BCUT2D eigenvalue weighted by atomic mass is 32.2. The lowest BCUT2D eigenvalue weighted by atomic mass is 9.97. The van der Waals surface area contributed by atoms with Crippen molar-refractivity contribution in [3.05, 3.63) is 29.8 Å². The highest BCUT2D eigenvalue weighted by Gasteiger charge is 2.17. The minimum atomic E-state index is -0.132. The SMILES string of the molecule is C[C@@H](Sc1ccc2c(c1)OCCO2)C(=O)NCCC1=CCCCC1. The summed E-state index contributed by atoms with van der Waals surface area (Å²) in [5.41, 5.74) is 1.49. The van der Waals surface area contributed by atoms with Gasteiger partial charge in [0.15, 0.2) is 11.5 Å². The Hall–Kier alpha value is -1.62. The van der Waals surface area contributed by atoms with E-state index in [9.17, 15) is 4.79 Å². The molecule has 0 unspecified atom stereocenters. The molecule has 1 heterocycles. The molecule has 5 heteroatoms. The van der Waals surface area contributed by atoms with E-state index in [1.807, 2.05) is 25.1 Å². The van der Waals surface area contributed by atoms with Crippen LogP contribution in [0.2, 0.25) is 0 Å². The first-order valence-corrected chi connectivity index (χ1v) is 9.62. The smallest absolute Gasteiger partial charge is 0.233 e. The molecule has 3 rings (SSSR count). The molecule has 1 aromatic carbocycles. The molecule has 0 saturated heterocycles. The fourth-order valence-electron chi connectivity index (χ4n) is 2.98. The quantitative estimate of drug-likeness (QED) is 0.625. The summed E-state index contributed by atoms with van der Waals surface area (Å²) in [5, 5.41) is 2.92. The molecule has 2 aliphatic rings. The first-order valence-electron chi connectivity index (χ1n) is 8.74. The van der Waals surface area contributed by atoms with Crippen molar-refractivity contribution in [2.24, 2.45) is 0 Å². The van der Waals surface area contributed by atoms with Crippen molar-refractivity contribution in [3.63, 3.8) is 0 Å². The van der Waals surface area contributed by atoms with E-state index >= 15 is 0 Å². The standard InChI is InChI=1S/C19H25NO3S/c1-14(19(21)20-10-9-15-5-3-2-4-6-15)24-16-7-8-17-18(13-16)23-12-11-22-17/h5,7-8,13-14H,2-4,6,9-12H2,1H3,(H,20,21)/t14-/m1/s1. The van der Waals surface area contributed by atoms with Gasteiger partial charge in [-0.25, -0.2) is 0 Å². The Labute approximate surface area is 148 Å². The highest BCUT2D eigenvalue weighted by Crippen LogP contribution is 2.35. The Bertz CT molecular complexity index is 615. The molecule has 4 nitrogen and oxygen atoms in total. The molecule has 1 aliphatic heterocycles. The summed E-state index contributed by atoms with van der Waals surface area (Å²) in [5.74, 6) is 1.64. The fourth-order valence-corrected chi connectivity index (χ4v) is 3.90. The summed E-state index contributed by atoms with van der Waals surface area (Å²) < 4.78 is 11.1. The normalized spacial score (nSPS) is 17.8. The number of rotatable bonds is 6. The van der Waals surface area contributed by atoms with Crippen LogP contribution in [0.25, 0.3) is 0 Å². The van der Waals surface area contributed by atoms with E-state index < -0.39 is 0 Å². The summed E-state index contributed by atoms with van der Waals surface area (Å²) in [6.45, 7) is 3.84. The predicted molar refractivity (Wildman–Crippen MR) is 96.9 cm³/mol. The third-order valence-corrected chi connectivity index (χ3v) is 5.42. The van der Waals surface area contributed by atoms with E-state index in [2.05, 4.69) is 11.4 Å². The maximum absolute atomic E-state index is 12.3. The van der Waals surface area contributed by atoms with Crippen molar-refractivity contribution in [2.75, 3.05) is 19.8 Å². The molecule has 24 heavy (non-hydrogen) atoms. The number of thioether (sulfide) groups is 1. The van der Waals surface area contributed by atoms with Crippen LogP contribution in [0.4, 0.5) is 0 Å². The molecule has 1 aromatic rings. The summed E-state index contributed by atoms with van der Waals surface area (Å²) >= 11 is 1.55. The Kier molecular flexibility index (Phi) is 6.07. The Balaban J connectivity index is 1.46. The fraction of sp³-hybridized carbons (Fsp3) is 0.526. The predicted octanol–water partition coefficient (Wildman–Crippen LogP) is 3.95. The summed E-state index contributed by atoms with van der Waals surface area (Å²) in [4.78, 5) is 13.3. The molecule has 0 spiro atoms. The summed E-state index contributed by atoms with van der Waals surface area (Å²) in [6, 6.07) is 5.85. The van der Waals surface area contributed by atoms with Crippen molar-refractivity contribution < 1.29 is 14.3 Å². The molecule has 0 bridgehead atoms. The van der Waals surface area contributed by atoms with Gasteiger partial charge in [0.1, 0.15) is 13.2 Å². The number of hydrogen-bond donors (Lipinski definition) is 1. The van der Waals surface area contributed by atoms with Crippen LogP contribution in [-0.2, 0) is 4.79 Å². The minimum Gasteiger partial charge on any atom is -0.486 e. The van der Waals surface area contributed by atoms with Gasteiger partial charge in [0.25, 0.3) is 0 Å². The monoisotopic (exact) mass is 347 g/mol. The molecular formula is C19H25NO3S. The largest absolute Gasteiger partial charge is 0.486 e. The van der Waals surface area contributed by atoms with Crippen LogP contribution in [0.5, 0.6) is 11.5 Å². The molecule has 1 N–H and O–H groups in total. The van der Waals surface area contributed by atoms with Crippen LogP contribution in [0.1, 0.15) is 39.0 Å². The second kappa shape index (κ2) is 8.47. The van der Waals surface area contributed by atoms with E-state index in [4.69, 9.17) is 9.47 Å². The lowest BCUT2D eigenvalue weighted by molar-refractivity contribution is -0.120. The van der Waals surface area contributed by atoms with Gasteiger partial charge < -0.3 is 14.8 Å². The first kappa shape index (κ1) is 17.2. The molecule has 0 saturated carbocycles. The van der Waals surface area contributed by atoms with Gasteiger partial charge >= 0.3 is 0 Å². The zero-order valence-corrected chi connectivity index (χ0v) is 15.0. The van der Waals surface area contributed by atoms with Crippen LogP contribution >= 0.6 is 11.8 Å². The summed E-state index contributed by atoms with van der Waals surface area (Å²) in [6.07, 6.45) is 8.29. The topological polar surface area (TPSA) is 47.6 Å². The molecule has 1 aliphatic carbocycles. The second-order valence-electron chi connectivity index (χ2n) is 6.21. The number of hydrogen-bond acceptors (Lipinski definition) is 4. The van der Waals surface area contributed by atoms with E-state index in [1.54, 1.807) is 11.8 Å². The minimum absolute atomic E-state index is 0.0892. The molecule has 0 radical (unpaired) electrons. The Morgan fingerprint density at radius 2 is 2.08 bits per heavy atom. The zero-order chi connectivity index (χ0) is 16.8. The third-order valence-electron chi connectivity index (χ3n) is 4.33. The number of carbonyl (C=O) groups is 1. The Morgan fingerprint density at radius 3 is 2.88 bits per heavy atom. The van der Waals surface area contributed by atoms with Gasteiger partial charge in [0, 0.05) is 11.4 Å². The van der Waals surface area contributed by atoms with Crippen molar-refractivity contribution in [1.29, 1.82) is 0 Å². The van der Waals surface area contributed by atoms with Gasteiger partial charge in [-0.1, -0.05) is 11.6 Å².